The van der Waals surface area contributed by atoms with Crippen LogP contribution in [0.25, 0.3) is 0 Å². The number of anilines is 1. The van der Waals surface area contributed by atoms with Crippen molar-refractivity contribution in [1.82, 2.24) is 4.90 Å². The lowest BCUT2D eigenvalue weighted by Crippen LogP contribution is -2.30. The summed E-state index contributed by atoms with van der Waals surface area (Å²) in [7, 11) is 0. The summed E-state index contributed by atoms with van der Waals surface area (Å²) < 4.78 is 11.3. The quantitative estimate of drug-likeness (QED) is 0.786. The van der Waals surface area contributed by atoms with Crippen LogP contribution in [0.1, 0.15) is 20.3 Å². The molecule has 2 aliphatic heterocycles. The van der Waals surface area contributed by atoms with Crippen molar-refractivity contribution in [3.8, 4) is 17.6 Å². The van der Waals surface area contributed by atoms with Gasteiger partial charge in [-0.15, -0.1) is 0 Å². The topological polar surface area (TPSA) is 48.7 Å². The number of ether oxygens (including phenoxy) is 2. The summed E-state index contributed by atoms with van der Waals surface area (Å²) in [5, 5.41) is 9.08. The maximum Gasteiger partial charge on any atom is 0.163 e. The molecule has 1 saturated heterocycles. The second-order valence-electron chi connectivity index (χ2n) is 5.98. The van der Waals surface area contributed by atoms with Crippen molar-refractivity contribution in [3.63, 3.8) is 0 Å². The SMILES string of the molecule is C/C(C#N)=C(\C)N1CCCN(c2ccc3c(c2)OCCO3)CC1. The largest absolute Gasteiger partial charge is 0.486 e. The van der Waals surface area contributed by atoms with Gasteiger partial charge >= 0.3 is 0 Å². The average molecular weight is 313 g/mol. The van der Waals surface area contributed by atoms with E-state index in [0.717, 1.165) is 55.4 Å². The molecule has 0 atom stereocenters. The van der Waals surface area contributed by atoms with E-state index in [9.17, 15) is 0 Å². The van der Waals surface area contributed by atoms with Crippen molar-refractivity contribution in [2.24, 2.45) is 0 Å². The molecular formula is C18H23N3O2. The zero-order chi connectivity index (χ0) is 16.2. The van der Waals surface area contributed by atoms with Gasteiger partial charge in [0.1, 0.15) is 13.2 Å². The fraction of sp³-hybridized carbons (Fsp3) is 0.500. The van der Waals surface area contributed by atoms with Gasteiger partial charge < -0.3 is 19.3 Å². The van der Waals surface area contributed by atoms with Crippen molar-refractivity contribution < 1.29 is 9.47 Å². The number of hydrogen-bond donors (Lipinski definition) is 0. The average Bonchev–Trinajstić information content (AvgIpc) is 2.86. The number of nitrogens with zero attached hydrogens (tertiary/aromatic N) is 3. The first-order chi connectivity index (χ1) is 11.2. The van der Waals surface area contributed by atoms with E-state index in [1.807, 2.05) is 19.9 Å². The number of hydrogen-bond acceptors (Lipinski definition) is 5. The third kappa shape index (κ3) is 3.37. The zero-order valence-electron chi connectivity index (χ0n) is 13.8. The summed E-state index contributed by atoms with van der Waals surface area (Å²) >= 11 is 0. The molecule has 0 radical (unpaired) electrons. The minimum Gasteiger partial charge on any atom is -0.486 e. The number of nitriles is 1. The fourth-order valence-electron chi connectivity index (χ4n) is 3.06. The van der Waals surface area contributed by atoms with E-state index >= 15 is 0 Å². The summed E-state index contributed by atoms with van der Waals surface area (Å²) in [6.07, 6.45) is 1.07. The molecule has 0 bridgehead atoms. The molecule has 0 amide bonds. The van der Waals surface area contributed by atoms with E-state index in [2.05, 4.69) is 28.0 Å². The van der Waals surface area contributed by atoms with Crippen molar-refractivity contribution in [3.05, 3.63) is 29.5 Å². The maximum atomic E-state index is 9.08. The predicted octanol–water partition coefficient (Wildman–Crippen LogP) is 2.79. The van der Waals surface area contributed by atoms with Crippen LogP contribution < -0.4 is 14.4 Å². The van der Waals surface area contributed by atoms with Gasteiger partial charge in [0, 0.05) is 49.2 Å². The predicted molar refractivity (Wildman–Crippen MR) is 89.8 cm³/mol. The van der Waals surface area contributed by atoms with E-state index < -0.39 is 0 Å². The highest BCUT2D eigenvalue weighted by molar-refractivity contribution is 5.57. The third-order valence-electron chi connectivity index (χ3n) is 4.57. The number of fused-ring (bicyclic) bond motifs is 1. The molecule has 0 spiro atoms. The molecular weight excluding hydrogens is 290 g/mol. The summed E-state index contributed by atoms with van der Waals surface area (Å²) in [5.41, 5.74) is 3.07. The van der Waals surface area contributed by atoms with Gasteiger partial charge in [-0.3, -0.25) is 0 Å². The van der Waals surface area contributed by atoms with E-state index in [0.29, 0.717) is 13.2 Å². The normalized spacial score (nSPS) is 18.8. The monoisotopic (exact) mass is 313 g/mol. The lowest BCUT2D eigenvalue weighted by Gasteiger charge is -2.27. The van der Waals surface area contributed by atoms with Gasteiger partial charge in [-0.1, -0.05) is 0 Å². The van der Waals surface area contributed by atoms with Gasteiger partial charge in [0.05, 0.1) is 6.07 Å². The second-order valence-corrected chi connectivity index (χ2v) is 5.98. The van der Waals surface area contributed by atoms with Gasteiger partial charge in [-0.2, -0.15) is 5.26 Å². The Kier molecular flexibility index (Phi) is 4.61. The molecule has 1 aromatic rings. The molecule has 23 heavy (non-hydrogen) atoms. The lowest BCUT2D eigenvalue weighted by molar-refractivity contribution is 0.171. The Morgan fingerprint density at radius 2 is 1.83 bits per heavy atom. The Morgan fingerprint density at radius 1 is 1.04 bits per heavy atom. The molecule has 2 aliphatic rings. The molecule has 2 heterocycles. The van der Waals surface area contributed by atoms with E-state index in [1.54, 1.807) is 0 Å². The number of benzene rings is 1. The van der Waals surface area contributed by atoms with Gasteiger partial charge in [0.25, 0.3) is 0 Å². The molecule has 1 aromatic carbocycles. The molecule has 0 saturated carbocycles. The Morgan fingerprint density at radius 3 is 2.61 bits per heavy atom. The lowest BCUT2D eigenvalue weighted by atomic mass is 10.2. The Labute approximate surface area is 137 Å². The molecule has 1 fully saturated rings. The van der Waals surface area contributed by atoms with Crippen LogP contribution in [0.3, 0.4) is 0 Å². The molecule has 5 heteroatoms. The highest BCUT2D eigenvalue weighted by Crippen LogP contribution is 2.34. The van der Waals surface area contributed by atoms with Crippen LogP contribution in [0.4, 0.5) is 5.69 Å². The summed E-state index contributed by atoms with van der Waals surface area (Å²) in [6, 6.07) is 8.43. The highest BCUT2D eigenvalue weighted by Gasteiger charge is 2.19. The molecule has 5 nitrogen and oxygen atoms in total. The van der Waals surface area contributed by atoms with E-state index in [-0.39, 0.29) is 0 Å². The van der Waals surface area contributed by atoms with Crippen LogP contribution in [-0.4, -0.2) is 44.3 Å². The van der Waals surface area contributed by atoms with Crippen LogP contribution in [0, 0.1) is 11.3 Å². The van der Waals surface area contributed by atoms with Gasteiger partial charge in [-0.05, 0) is 32.4 Å². The highest BCUT2D eigenvalue weighted by atomic mass is 16.6. The van der Waals surface area contributed by atoms with Gasteiger partial charge in [0.2, 0.25) is 0 Å². The maximum absolute atomic E-state index is 9.08. The number of rotatable bonds is 2. The fourth-order valence-corrected chi connectivity index (χ4v) is 3.06. The van der Waals surface area contributed by atoms with Gasteiger partial charge in [0.15, 0.2) is 11.5 Å². The summed E-state index contributed by atoms with van der Waals surface area (Å²) in [6.45, 7) is 9.03. The van der Waals surface area contributed by atoms with Crippen LogP contribution in [0.15, 0.2) is 29.5 Å². The van der Waals surface area contributed by atoms with Crippen molar-refractivity contribution in [2.75, 3.05) is 44.3 Å². The molecule has 0 aromatic heterocycles. The van der Waals surface area contributed by atoms with Crippen molar-refractivity contribution in [1.29, 1.82) is 5.26 Å². The first-order valence-corrected chi connectivity index (χ1v) is 8.16. The summed E-state index contributed by atoms with van der Waals surface area (Å²) in [5.74, 6) is 1.67. The zero-order valence-corrected chi connectivity index (χ0v) is 13.8. The van der Waals surface area contributed by atoms with Crippen LogP contribution >= 0.6 is 0 Å². The van der Waals surface area contributed by atoms with Crippen LogP contribution in [0.2, 0.25) is 0 Å². The van der Waals surface area contributed by atoms with E-state index in [4.69, 9.17) is 14.7 Å². The molecule has 122 valence electrons. The number of allylic oxidation sites excluding steroid dienone is 2. The first-order valence-electron chi connectivity index (χ1n) is 8.16. The second kappa shape index (κ2) is 6.82. The Hall–Kier alpha value is -2.35. The van der Waals surface area contributed by atoms with Crippen LogP contribution in [0.5, 0.6) is 11.5 Å². The minimum atomic E-state index is 0.613. The van der Waals surface area contributed by atoms with Crippen molar-refractivity contribution >= 4 is 5.69 Å². The van der Waals surface area contributed by atoms with Gasteiger partial charge in [-0.25, -0.2) is 0 Å². The molecule has 3 rings (SSSR count). The standard InChI is InChI=1S/C18H23N3O2/c1-14(13-19)15(2)20-6-3-7-21(9-8-20)16-4-5-17-18(12-16)23-11-10-22-17/h4-5,12H,3,6-11H2,1-2H3/b15-14-. The Bertz CT molecular complexity index is 648. The molecule has 0 aliphatic carbocycles. The smallest absolute Gasteiger partial charge is 0.163 e. The first kappa shape index (κ1) is 15.5. The summed E-state index contributed by atoms with van der Waals surface area (Å²) in [4.78, 5) is 4.70. The molecule has 0 unspecified atom stereocenters. The minimum absolute atomic E-state index is 0.613. The van der Waals surface area contributed by atoms with E-state index in [1.165, 1.54) is 5.69 Å². The van der Waals surface area contributed by atoms with Crippen molar-refractivity contribution in [2.45, 2.75) is 20.3 Å². The molecule has 0 N–H and O–H groups in total. The van der Waals surface area contributed by atoms with Crippen LogP contribution in [-0.2, 0) is 0 Å². The third-order valence-corrected chi connectivity index (χ3v) is 4.57. The Balaban J connectivity index is 1.72.